The van der Waals surface area contributed by atoms with Crippen LogP contribution in [-0.4, -0.2) is 35.4 Å². The minimum Gasteiger partial charge on any atom is -0.381 e. The third-order valence-electron chi connectivity index (χ3n) is 4.14. The lowest BCUT2D eigenvalue weighted by molar-refractivity contribution is -0.123. The fourth-order valence-corrected chi connectivity index (χ4v) is 2.63. The van der Waals surface area contributed by atoms with Crippen LogP contribution in [0, 0.1) is 5.41 Å². The highest BCUT2D eigenvalue weighted by Crippen LogP contribution is 2.40. The van der Waals surface area contributed by atoms with Crippen LogP contribution in [-0.2, 0) is 9.53 Å². The Morgan fingerprint density at radius 3 is 2.90 bits per heavy atom. The highest BCUT2D eigenvalue weighted by molar-refractivity contribution is 5.76. The maximum Gasteiger partial charge on any atom is 0.222 e. The van der Waals surface area contributed by atoms with E-state index in [4.69, 9.17) is 4.74 Å². The van der Waals surface area contributed by atoms with Gasteiger partial charge < -0.3 is 10.1 Å². The monoisotopic (exact) mass is 279 g/mol. The second kappa shape index (κ2) is 6.88. The van der Waals surface area contributed by atoms with Crippen molar-refractivity contribution in [3.05, 3.63) is 18.5 Å². The molecule has 1 aromatic heterocycles. The molecular weight excluding hydrogens is 254 g/mol. The third kappa shape index (κ3) is 3.82. The number of rotatable bonds is 8. The van der Waals surface area contributed by atoms with E-state index in [1.807, 2.05) is 30.8 Å². The zero-order chi connectivity index (χ0) is 14.4. The molecule has 1 fully saturated rings. The van der Waals surface area contributed by atoms with Gasteiger partial charge in [0, 0.05) is 37.4 Å². The molecule has 1 amide bonds. The second-order valence-corrected chi connectivity index (χ2v) is 5.81. The number of nitrogens with zero attached hydrogens (tertiary/aromatic N) is 2. The largest absolute Gasteiger partial charge is 0.381 e. The van der Waals surface area contributed by atoms with E-state index >= 15 is 0 Å². The van der Waals surface area contributed by atoms with Gasteiger partial charge in [0.2, 0.25) is 5.91 Å². The molecule has 1 N–H and O–H groups in total. The normalized spacial score (nSPS) is 18.3. The summed E-state index contributed by atoms with van der Waals surface area (Å²) in [6.07, 6.45) is 7.64. The minimum absolute atomic E-state index is 0.0919. The first-order valence-electron chi connectivity index (χ1n) is 7.49. The molecule has 1 heterocycles. The smallest absolute Gasteiger partial charge is 0.222 e. The SMILES string of the molecule is CCOCC1(CNC(=O)CC(C)n2cccn2)CCC1. The summed E-state index contributed by atoms with van der Waals surface area (Å²) in [5, 5.41) is 7.23. The quantitative estimate of drug-likeness (QED) is 0.793. The number of hydrogen-bond donors (Lipinski definition) is 1. The van der Waals surface area contributed by atoms with E-state index in [-0.39, 0.29) is 17.4 Å². The Morgan fingerprint density at radius 1 is 1.55 bits per heavy atom. The number of carbonyl (C=O) groups is 1. The lowest BCUT2D eigenvalue weighted by atomic mass is 9.69. The van der Waals surface area contributed by atoms with Gasteiger partial charge in [-0.1, -0.05) is 6.42 Å². The predicted molar refractivity (Wildman–Crippen MR) is 77.3 cm³/mol. The van der Waals surface area contributed by atoms with Crippen molar-refractivity contribution in [2.45, 2.75) is 45.6 Å². The van der Waals surface area contributed by atoms with E-state index in [0.29, 0.717) is 6.42 Å². The highest BCUT2D eigenvalue weighted by atomic mass is 16.5. The van der Waals surface area contributed by atoms with Crippen LogP contribution >= 0.6 is 0 Å². The molecule has 112 valence electrons. The lowest BCUT2D eigenvalue weighted by Crippen LogP contribution is -2.45. The molecule has 5 nitrogen and oxygen atoms in total. The van der Waals surface area contributed by atoms with Gasteiger partial charge in [0.25, 0.3) is 0 Å². The van der Waals surface area contributed by atoms with Crippen LogP contribution < -0.4 is 5.32 Å². The molecule has 0 aromatic carbocycles. The van der Waals surface area contributed by atoms with Crippen LogP contribution in [0.4, 0.5) is 0 Å². The first kappa shape index (κ1) is 15.0. The zero-order valence-corrected chi connectivity index (χ0v) is 12.5. The van der Waals surface area contributed by atoms with E-state index in [2.05, 4.69) is 10.4 Å². The van der Waals surface area contributed by atoms with E-state index in [0.717, 1.165) is 32.6 Å². The van der Waals surface area contributed by atoms with E-state index in [9.17, 15) is 4.79 Å². The first-order valence-corrected chi connectivity index (χ1v) is 7.49. The number of amides is 1. The molecule has 0 saturated heterocycles. The van der Waals surface area contributed by atoms with Gasteiger partial charge in [0.05, 0.1) is 12.6 Å². The Morgan fingerprint density at radius 2 is 2.35 bits per heavy atom. The Hall–Kier alpha value is -1.36. The summed E-state index contributed by atoms with van der Waals surface area (Å²) in [5.74, 6) is 0.0933. The molecule has 1 aromatic rings. The van der Waals surface area contributed by atoms with Crippen molar-refractivity contribution in [2.24, 2.45) is 5.41 Å². The molecular formula is C15H25N3O2. The standard InChI is InChI=1S/C15H25N3O2/c1-3-20-12-15(6-4-7-15)11-16-14(19)10-13(2)18-9-5-8-17-18/h5,8-9,13H,3-4,6-7,10-12H2,1-2H3,(H,16,19). The average molecular weight is 279 g/mol. The molecule has 1 aliphatic carbocycles. The minimum atomic E-state index is 0.0919. The maximum atomic E-state index is 12.0. The molecule has 1 atom stereocenters. The fraction of sp³-hybridized carbons (Fsp3) is 0.733. The number of hydrogen-bond acceptors (Lipinski definition) is 3. The van der Waals surface area contributed by atoms with Crippen LogP contribution in [0.1, 0.15) is 45.6 Å². The first-order chi connectivity index (χ1) is 9.65. The lowest BCUT2D eigenvalue weighted by Gasteiger charge is -2.41. The van der Waals surface area contributed by atoms with Gasteiger partial charge >= 0.3 is 0 Å². The maximum absolute atomic E-state index is 12.0. The number of nitrogens with one attached hydrogen (secondary N) is 1. The van der Waals surface area contributed by atoms with E-state index in [1.54, 1.807) is 6.20 Å². The van der Waals surface area contributed by atoms with Gasteiger partial charge in [0.1, 0.15) is 0 Å². The van der Waals surface area contributed by atoms with Crippen molar-refractivity contribution in [3.8, 4) is 0 Å². The Bertz CT molecular complexity index is 413. The van der Waals surface area contributed by atoms with Crippen LogP contribution in [0.5, 0.6) is 0 Å². The predicted octanol–water partition coefficient (Wildman–Crippen LogP) is 2.16. The van der Waals surface area contributed by atoms with Crippen LogP contribution in [0.25, 0.3) is 0 Å². The van der Waals surface area contributed by atoms with Gasteiger partial charge in [-0.2, -0.15) is 5.10 Å². The molecule has 20 heavy (non-hydrogen) atoms. The van der Waals surface area contributed by atoms with Gasteiger partial charge in [-0.05, 0) is 32.8 Å². The summed E-state index contributed by atoms with van der Waals surface area (Å²) < 4.78 is 7.37. The Labute approximate surface area is 120 Å². The third-order valence-corrected chi connectivity index (χ3v) is 4.14. The summed E-state index contributed by atoms with van der Waals surface area (Å²) in [6.45, 7) is 6.25. The summed E-state index contributed by atoms with van der Waals surface area (Å²) in [4.78, 5) is 12.0. The van der Waals surface area contributed by atoms with Gasteiger partial charge in [-0.15, -0.1) is 0 Å². The molecule has 0 spiro atoms. The molecule has 1 aliphatic rings. The molecule has 5 heteroatoms. The van der Waals surface area contributed by atoms with Crippen molar-refractivity contribution in [1.82, 2.24) is 15.1 Å². The molecule has 0 radical (unpaired) electrons. The number of carbonyl (C=O) groups excluding carboxylic acids is 1. The molecule has 2 rings (SSSR count). The van der Waals surface area contributed by atoms with Crippen LogP contribution in [0.15, 0.2) is 18.5 Å². The molecule has 1 unspecified atom stereocenters. The molecule has 1 saturated carbocycles. The van der Waals surface area contributed by atoms with Crippen LogP contribution in [0.2, 0.25) is 0 Å². The van der Waals surface area contributed by atoms with Gasteiger partial charge in [-0.3, -0.25) is 9.48 Å². The van der Waals surface area contributed by atoms with E-state index < -0.39 is 0 Å². The van der Waals surface area contributed by atoms with Crippen molar-refractivity contribution in [3.63, 3.8) is 0 Å². The highest BCUT2D eigenvalue weighted by Gasteiger charge is 2.37. The zero-order valence-electron chi connectivity index (χ0n) is 12.5. The topological polar surface area (TPSA) is 56.1 Å². The van der Waals surface area contributed by atoms with Crippen molar-refractivity contribution >= 4 is 5.91 Å². The van der Waals surface area contributed by atoms with Crippen LogP contribution in [0.3, 0.4) is 0 Å². The Balaban J connectivity index is 1.74. The molecule has 0 bridgehead atoms. The second-order valence-electron chi connectivity index (χ2n) is 5.81. The van der Waals surface area contributed by atoms with Gasteiger partial charge in [0.15, 0.2) is 0 Å². The average Bonchev–Trinajstić information content (AvgIpc) is 2.91. The van der Waals surface area contributed by atoms with Crippen molar-refractivity contribution in [2.75, 3.05) is 19.8 Å². The molecule has 0 aliphatic heterocycles. The van der Waals surface area contributed by atoms with Gasteiger partial charge in [-0.25, -0.2) is 0 Å². The summed E-state index contributed by atoms with van der Waals surface area (Å²) in [5.41, 5.74) is 0.181. The van der Waals surface area contributed by atoms with Crippen molar-refractivity contribution in [1.29, 1.82) is 0 Å². The van der Waals surface area contributed by atoms with Crippen molar-refractivity contribution < 1.29 is 9.53 Å². The summed E-state index contributed by atoms with van der Waals surface area (Å²) in [6, 6.07) is 1.97. The summed E-state index contributed by atoms with van der Waals surface area (Å²) in [7, 11) is 0. The fourth-order valence-electron chi connectivity index (χ4n) is 2.63. The van der Waals surface area contributed by atoms with E-state index in [1.165, 1.54) is 6.42 Å². The number of aromatic nitrogens is 2. The Kier molecular flexibility index (Phi) is 5.17. The summed E-state index contributed by atoms with van der Waals surface area (Å²) >= 11 is 0. The number of ether oxygens (including phenoxy) is 1.